The third-order valence-corrected chi connectivity index (χ3v) is 2.88. The molecule has 1 aromatic heterocycles. The van der Waals surface area contributed by atoms with Crippen molar-refractivity contribution in [3.05, 3.63) is 12.5 Å². The summed E-state index contributed by atoms with van der Waals surface area (Å²) in [4.78, 5) is 7.89. The highest BCUT2D eigenvalue weighted by Gasteiger charge is 2.32. The summed E-state index contributed by atoms with van der Waals surface area (Å²) in [5.41, 5.74) is 5.86. The van der Waals surface area contributed by atoms with Crippen LogP contribution in [0, 0.1) is 0 Å². The van der Waals surface area contributed by atoms with Gasteiger partial charge in [0.05, 0.1) is 24.0 Å². The fourth-order valence-corrected chi connectivity index (χ4v) is 1.78. The van der Waals surface area contributed by atoms with Gasteiger partial charge in [0.2, 0.25) is 0 Å². The van der Waals surface area contributed by atoms with E-state index in [9.17, 15) is 5.11 Å². The number of ether oxygens (including phenoxy) is 1. The molecule has 0 amide bonds. The Hall–Kier alpha value is -1.40. The molecule has 6 nitrogen and oxygen atoms in total. The Morgan fingerprint density at radius 2 is 2.25 bits per heavy atom. The van der Waals surface area contributed by atoms with Crippen LogP contribution < -0.4 is 11.1 Å². The highest BCUT2D eigenvalue weighted by atomic mass is 16.5. The number of aliphatic hydroxyl groups excluding tert-OH is 1. The predicted octanol–water partition coefficient (Wildman–Crippen LogP) is 0.0122. The van der Waals surface area contributed by atoms with Crippen LogP contribution in [0.4, 0.5) is 11.5 Å². The van der Waals surface area contributed by atoms with Gasteiger partial charge in [-0.05, 0) is 12.8 Å². The third-order valence-electron chi connectivity index (χ3n) is 2.88. The molecular formula is C10H16N4O2. The van der Waals surface area contributed by atoms with Gasteiger partial charge in [-0.15, -0.1) is 0 Å². The topological polar surface area (TPSA) is 93.3 Å². The van der Waals surface area contributed by atoms with E-state index in [1.165, 1.54) is 6.33 Å². The van der Waals surface area contributed by atoms with Crippen molar-refractivity contribution < 1.29 is 9.84 Å². The van der Waals surface area contributed by atoms with Crippen molar-refractivity contribution in [3.63, 3.8) is 0 Å². The summed E-state index contributed by atoms with van der Waals surface area (Å²) < 4.78 is 5.28. The van der Waals surface area contributed by atoms with Crippen molar-refractivity contribution in [1.29, 1.82) is 0 Å². The Morgan fingerprint density at radius 3 is 2.88 bits per heavy atom. The number of rotatable bonds is 3. The average Bonchev–Trinajstić information content (AvgIpc) is 2.33. The molecule has 0 atom stereocenters. The van der Waals surface area contributed by atoms with E-state index in [0.29, 0.717) is 24.7 Å². The molecule has 1 fully saturated rings. The lowest BCUT2D eigenvalue weighted by Gasteiger charge is -2.36. The van der Waals surface area contributed by atoms with E-state index in [-0.39, 0.29) is 12.1 Å². The molecule has 88 valence electrons. The Balaban J connectivity index is 2.15. The highest BCUT2D eigenvalue weighted by molar-refractivity contribution is 5.60. The van der Waals surface area contributed by atoms with Crippen LogP contribution in [-0.2, 0) is 4.74 Å². The minimum atomic E-state index is -0.374. The molecule has 0 unspecified atom stereocenters. The monoisotopic (exact) mass is 224 g/mol. The summed E-state index contributed by atoms with van der Waals surface area (Å²) in [6.07, 6.45) is 4.46. The quantitative estimate of drug-likeness (QED) is 0.669. The molecule has 1 aliphatic rings. The summed E-state index contributed by atoms with van der Waals surface area (Å²) in [6.45, 7) is 1.32. The normalized spacial score (nSPS) is 19.3. The van der Waals surface area contributed by atoms with Crippen LogP contribution in [-0.4, -0.2) is 40.4 Å². The van der Waals surface area contributed by atoms with Crippen molar-refractivity contribution in [2.75, 3.05) is 30.9 Å². The number of hydrogen-bond donors (Lipinski definition) is 3. The van der Waals surface area contributed by atoms with Gasteiger partial charge >= 0.3 is 0 Å². The van der Waals surface area contributed by atoms with Crippen LogP contribution in [0.3, 0.4) is 0 Å². The van der Waals surface area contributed by atoms with Gasteiger partial charge in [-0.25, -0.2) is 9.97 Å². The lowest BCUT2D eigenvalue weighted by molar-refractivity contribution is 0.0379. The Labute approximate surface area is 93.9 Å². The summed E-state index contributed by atoms with van der Waals surface area (Å²) in [7, 11) is 0. The maximum Gasteiger partial charge on any atom is 0.153 e. The lowest BCUT2D eigenvalue weighted by Crippen LogP contribution is -2.47. The van der Waals surface area contributed by atoms with Gasteiger partial charge < -0.3 is 20.9 Å². The second-order valence-electron chi connectivity index (χ2n) is 4.00. The second kappa shape index (κ2) is 4.63. The van der Waals surface area contributed by atoms with Crippen LogP contribution in [0.15, 0.2) is 12.5 Å². The molecule has 2 rings (SSSR count). The molecule has 1 saturated heterocycles. The molecule has 1 aromatic rings. The molecule has 0 aromatic carbocycles. The van der Waals surface area contributed by atoms with Crippen molar-refractivity contribution in [2.45, 2.75) is 18.4 Å². The number of nitrogens with zero attached hydrogens (tertiary/aromatic N) is 2. The number of hydrogen-bond acceptors (Lipinski definition) is 6. The van der Waals surface area contributed by atoms with Gasteiger partial charge in [0, 0.05) is 13.2 Å². The number of nitrogens with one attached hydrogen (secondary N) is 1. The van der Waals surface area contributed by atoms with E-state index in [4.69, 9.17) is 10.5 Å². The Morgan fingerprint density at radius 1 is 1.50 bits per heavy atom. The van der Waals surface area contributed by atoms with E-state index in [1.54, 1.807) is 6.20 Å². The van der Waals surface area contributed by atoms with Crippen LogP contribution >= 0.6 is 0 Å². The fraction of sp³-hybridized carbons (Fsp3) is 0.600. The van der Waals surface area contributed by atoms with Crippen LogP contribution in [0.5, 0.6) is 0 Å². The van der Waals surface area contributed by atoms with Gasteiger partial charge in [-0.3, -0.25) is 0 Å². The van der Waals surface area contributed by atoms with E-state index in [2.05, 4.69) is 15.3 Å². The molecule has 4 N–H and O–H groups in total. The first-order valence-electron chi connectivity index (χ1n) is 5.28. The first-order chi connectivity index (χ1) is 7.76. The number of anilines is 2. The van der Waals surface area contributed by atoms with E-state index >= 15 is 0 Å². The molecule has 0 bridgehead atoms. The zero-order valence-electron chi connectivity index (χ0n) is 9.02. The van der Waals surface area contributed by atoms with Crippen LogP contribution in [0.2, 0.25) is 0 Å². The molecular weight excluding hydrogens is 208 g/mol. The number of nitrogen functional groups attached to an aromatic ring is 1. The van der Waals surface area contributed by atoms with Gasteiger partial charge in [0.1, 0.15) is 6.33 Å². The highest BCUT2D eigenvalue weighted by Crippen LogP contribution is 2.26. The van der Waals surface area contributed by atoms with Gasteiger partial charge in [0.25, 0.3) is 0 Å². The van der Waals surface area contributed by atoms with Crippen molar-refractivity contribution in [1.82, 2.24) is 9.97 Å². The molecule has 0 saturated carbocycles. The maximum atomic E-state index is 9.49. The van der Waals surface area contributed by atoms with Crippen molar-refractivity contribution in [2.24, 2.45) is 0 Å². The maximum absolute atomic E-state index is 9.49. The smallest absolute Gasteiger partial charge is 0.153 e. The van der Waals surface area contributed by atoms with E-state index in [0.717, 1.165) is 12.8 Å². The average molecular weight is 224 g/mol. The van der Waals surface area contributed by atoms with E-state index in [1.807, 2.05) is 0 Å². The summed E-state index contributed by atoms with van der Waals surface area (Å²) >= 11 is 0. The van der Waals surface area contributed by atoms with Crippen LogP contribution in [0.1, 0.15) is 12.8 Å². The molecule has 6 heteroatoms. The fourth-order valence-electron chi connectivity index (χ4n) is 1.78. The largest absolute Gasteiger partial charge is 0.394 e. The van der Waals surface area contributed by atoms with Crippen LogP contribution in [0.25, 0.3) is 0 Å². The number of nitrogens with two attached hydrogens (primary N) is 1. The minimum absolute atomic E-state index is 0.0415. The zero-order chi connectivity index (χ0) is 11.4. The molecule has 0 aliphatic carbocycles. The first-order valence-corrected chi connectivity index (χ1v) is 5.28. The Kier molecular flexibility index (Phi) is 3.21. The molecule has 16 heavy (non-hydrogen) atoms. The van der Waals surface area contributed by atoms with Gasteiger partial charge in [-0.1, -0.05) is 0 Å². The number of aliphatic hydroxyl groups is 1. The SMILES string of the molecule is Nc1cncnc1NC1(CO)CCOCC1. The standard InChI is InChI=1S/C10H16N4O2/c11-8-5-12-7-13-9(8)14-10(6-15)1-3-16-4-2-10/h5,7,15H,1-4,6,11H2,(H,12,13,14). The van der Waals surface area contributed by atoms with E-state index < -0.39 is 0 Å². The zero-order valence-corrected chi connectivity index (χ0v) is 9.02. The Bertz CT molecular complexity index is 352. The van der Waals surface area contributed by atoms with Gasteiger partial charge in [0.15, 0.2) is 5.82 Å². The molecule has 0 spiro atoms. The summed E-state index contributed by atoms with van der Waals surface area (Å²) in [6, 6.07) is 0. The predicted molar refractivity (Wildman–Crippen MR) is 59.9 cm³/mol. The molecule has 2 heterocycles. The minimum Gasteiger partial charge on any atom is -0.394 e. The summed E-state index contributed by atoms with van der Waals surface area (Å²) in [5.74, 6) is 0.575. The second-order valence-corrected chi connectivity index (χ2v) is 4.00. The molecule has 1 aliphatic heterocycles. The van der Waals surface area contributed by atoms with Crippen molar-refractivity contribution in [3.8, 4) is 0 Å². The number of aromatic nitrogens is 2. The van der Waals surface area contributed by atoms with Gasteiger partial charge in [-0.2, -0.15) is 0 Å². The first kappa shape index (κ1) is 11.1. The third kappa shape index (κ3) is 2.23. The lowest BCUT2D eigenvalue weighted by atomic mass is 9.91. The molecule has 0 radical (unpaired) electrons. The summed E-state index contributed by atoms with van der Waals surface area (Å²) in [5, 5.41) is 12.7. The van der Waals surface area contributed by atoms with Crippen molar-refractivity contribution >= 4 is 11.5 Å².